The number of carbonyl (C=O) groups is 2. The second-order valence-electron chi connectivity index (χ2n) is 7.52. The molecular weight excluding hydrogens is 495 g/mol. The van der Waals surface area contributed by atoms with Crippen LogP contribution in [0.15, 0.2) is 65.1 Å². The number of amides is 1. The summed E-state index contributed by atoms with van der Waals surface area (Å²) >= 11 is -0.750. The largest absolute Gasteiger partial charge is 0.455 e. The lowest BCUT2D eigenvalue weighted by atomic mass is 9.96. The van der Waals surface area contributed by atoms with Crippen LogP contribution >= 0.6 is 0 Å². The minimum absolute atomic E-state index is 0.0223. The van der Waals surface area contributed by atoms with Crippen molar-refractivity contribution in [2.24, 2.45) is 0 Å². The number of fused-ring (bicyclic) bond motifs is 1. The third kappa shape index (κ3) is 6.77. The van der Waals surface area contributed by atoms with E-state index < -0.39 is 11.6 Å². The van der Waals surface area contributed by atoms with Crippen molar-refractivity contribution >= 4 is 39.9 Å². The van der Waals surface area contributed by atoms with Crippen molar-refractivity contribution in [2.45, 2.75) is 27.7 Å². The Balaban J connectivity index is 0.000000898. The quantitative estimate of drug-likeness (QED) is 0.289. The Bertz CT molecular complexity index is 1420. The molecule has 0 spiro atoms. The number of nitrogens with one attached hydrogen (secondary N) is 2. The molecule has 0 atom stereocenters. The molecule has 1 aromatic heterocycles. The van der Waals surface area contributed by atoms with Gasteiger partial charge in [0.25, 0.3) is 5.91 Å². The van der Waals surface area contributed by atoms with Gasteiger partial charge in [-0.15, -0.1) is 0 Å². The first-order valence-corrected chi connectivity index (χ1v) is 12.4. The molecule has 1 heterocycles. The molecule has 194 valence electrons. The topological polar surface area (TPSA) is 105 Å². The molecule has 0 saturated heterocycles. The van der Waals surface area contributed by atoms with E-state index in [4.69, 9.17) is 12.8 Å². The van der Waals surface area contributed by atoms with E-state index in [0.29, 0.717) is 40.0 Å². The predicted molar refractivity (Wildman–Crippen MR) is 145 cm³/mol. The van der Waals surface area contributed by atoms with E-state index in [9.17, 15) is 14.0 Å². The second kappa shape index (κ2) is 13.8. The van der Waals surface area contributed by atoms with Crippen LogP contribution in [0.3, 0.4) is 0 Å². The Morgan fingerprint density at radius 1 is 0.973 bits per heavy atom. The number of hydrogen-bond acceptors (Lipinski definition) is 6. The summed E-state index contributed by atoms with van der Waals surface area (Å²) in [6, 6.07) is 17.0. The maximum absolute atomic E-state index is 13.5. The molecule has 0 aliphatic carbocycles. The van der Waals surface area contributed by atoms with Gasteiger partial charge in [-0.1, -0.05) is 32.0 Å². The summed E-state index contributed by atoms with van der Waals surface area (Å²) in [5, 5.41) is 6.64. The van der Waals surface area contributed by atoms with Crippen molar-refractivity contribution in [3.63, 3.8) is 0 Å². The van der Waals surface area contributed by atoms with Crippen molar-refractivity contribution in [1.29, 1.82) is 0 Å². The zero-order valence-corrected chi connectivity index (χ0v) is 22.1. The van der Waals surface area contributed by atoms with E-state index in [1.165, 1.54) is 19.1 Å². The molecule has 4 aromatic rings. The Hall–Kier alpha value is -4.11. The summed E-state index contributed by atoms with van der Waals surface area (Å²) in [5.41, 5.74) is 4.64. The van der Waals surface area contributed by atoms with Crippen LogP contribution in [0, 0.1) is 5.82 Å². The van der Waals surface area contributed by atoms with Gasteiger partial charge in [0.1, 0.15) is 17.2 Å². The minimum Gasteiger partial charge on any atom is -0.455 e. The first-order chi connectivity index (χ1) is 17.8. The first-order valence-electron chi connectivity index (χ1n) is 11.7. The number of hydrogen-bond donors (Lipinski definition) is 2. The molecule has 9 heteroatoms. The minimum atomic E-state index is -0.750. The normalized spacial score (nSPS) is 9.89. The lowest BCUT2D eigenvalue weighted by Crippen LogP contribution is -2.18. The second-order valence-corrected chi connectivity index (χ2v) is 7.66. The SMILES string of the molecule is CC.CCNc1cc2oc(-c3ccc(F)cc3)c(C(=O)NC)c2cc1-c1cccc(C(C)=O)c1.O=S=O. The van der Waals surface area contributed by atoms with Gasteiger partial charge in [-0.2, -0.15) is 8.42 Å². The number of anilines is 1. The molecule has 1 amide bonds. The number of halogens is 1. The molecule has 0 aliphatic rings. The van der Waals surface area contributed by atoms with Gasteiger partial charge < -0.3 is 15.1 Å². The number of Topliss-reactive ketones (excluding diaryl/α,β-unsaturated/α-hetero) is 1. The fraction of sp³-hybridized carbons (Fsp3) is 0.214. The molecule has 0 bridgehead atoms. The highest BCUT2D eigenvalue weighted by atomic mass is 32.1. The van der Waals surface area contributed by atoms with E-state index >= 15 is 0 Å². The average molecular weight is 525 g/mol. The maximum atomic E-state index is 13.5. The fourth-order valence-electron chi connectivity index (χ4n) is 3.78. The van der Waals surface area contributed by atoms with Crippen molar-refractivity contribution in [2.75, 3.05) is 18.9 Å². The highest BCUT2D eigenvalue weighted by Gasteiger charge is 2.23. The Morgan fingerprint density at radius 3 is 2.19 bits per heavy atom. The summed E-state index contributed by atoms with van der Waals surface area (Å²) in [5.74, 6) is -0.321. The lowest BCUT2D eigenvalue weighted by molar-refractivity contribution is 0.0963. The van der Waals surface area contributed by atoms with Crippen LogP contribution in [0.25, 0.3) is 33.4 Å². The lowest BCUT2D eigenvalue weighted by Gasteiger charge is -2.12. The van der Waals surface area contributed by atoms with Crippen LogP contribution in [-0.2, 0) is 11.6 Å². The Morgan fingerprint density at radius 2 is 1.62 bits per heavy atom. The molecule has 0 saturated carbocycles. The van der Waals surface area contributed by atoms with Gasteiger partial charge in [-0.3, -0.25) is 9.59 Å². The van der Waals surface area contributed by atoms with Gasteiger partial charge in [0.15, 0.2) is 5.78 Å². The monoisotopic (exact) mass is 524 g/mol. The molecule has 4 rings (SSSR count). The number of carbonyl (C=O) groups excluding carboxylic acids is 2. The van der Waals surface area contributed by atoms with Gasteiger partial charge in [0.2, 0.25) is 0 Å². The van der Waals surface area contributed by atoms with Crippen molar-refractivity contribution in [3.05, 3.63) is 77.6 Å². The van der Waals surface area contributed by atoms with E-state index in [-0.39, 0.29) is 17.5 Å². The third-order valence-electron chi connectivity index (χ3n) is 5.34. The molecule has 37 heavy (non-hydrogen) atoms. The molecular formula is C28H29FN2O5S. The molecule has 0 fully saturated rings. The molecule has 0 radical (unpaired) electrons. The van der Waals surface area contributed by atoms with Gasteiger partial charge in [0.05, 0.1) is 5.56 Å². The van der Waals surface area contributed by atoms with Crippen LogP contribution < -0.4 is 10.6 Å². The van der Waals surface area contributed by atoms with Gasteiger partial charge >= 0.3 is 11.6 Å². The summed E-state index contributed by atoms with van der Waals surface area (Å²) in [7, 11) is 1.56. The van der Waals surface area contributed by atoms with Gasteiger partial charge in [-0.25, -0.2) is 4.39 Å². The van der Waals surface area contributed by atoms with E-state index in [2.05, 4.69) is 10.6 Å². The molecule has 3 aromatic carbocycles. The predicted octanol–water partition coefficient (Wildman–Crippen LogP) is 6.26. The summed E-state index contributed by atoms with van der Waals surface area (Å²) in [6.45, 7) is 8.20. The Labute approximate surface area is 218 Å². The summed E-state index contributed by atoms with van der Waals surface area (Å²) < 4.78 is 36.2. The smallest absolute Gasteiger partial charge is 0.335 e. The van der Waals surface area contributed by atoms with Gasteiger partial charge in [0, 0.05) is 47.4 Å². The third-order valence-corrected chi connectivity index (χ3v) is 5.34. The number of ketones is 1. The number of rotatable bonds is 6. The highest BCUT2D eigenvalue weighted by molar-refractivity contribution is 7.51. The van der Waals surface area contributed by atoms with Crippen LogP contribution in [0.4, 0.5) is 10.1 Å². The van der Waals surface area contributed by atoms with Crippen molar-refractivity contribution < 1.29 is 26.8 Å². The highest BCUT2D eigenvalue weighted by Crippen LogP contribution is 2.40. The fourth-order valence-corrected chi connectivity index (χ4v) is 3.78. The van der Waals surface area contributed by atoms with Crippen molar-refractivity contribution in [1.82, 2.24) is 5.32 Å². The average Bonchev–Trinajstić information content (AvgIpc) is 3.28. The van der Waals surface area contributed by atoms with E-state index in [1.54, 1.807) is 25.2 Å². The molecule has 7 nitrogen and oxygen atoms in total. The zero-order chi connectivity index (χ0) is 27.5. The van der Waals surface area contributed by atoms with E-state index in [1.807, 2.05) is 51.1 Å². The van der Waals surface area contributed by atoms with Crippen LogP contribution in [0.1, 0.15) is 48.4 Å². The zero-order valence-electron chi connectivity index (χ0n) is 21.3. The Kier molecular flexibility index (Phi) is 10.9. The summed E-state index contributed by atoms with van der Waals surface area (Å²) in [4.78, 5) is 24.8. The standard InChI is InChI=1S/C26H23FN2O3.C2H6.O2S/c1-4-29-22-14-23-21(13-20(22)18-7-5-6-17(12-18)15(2)30)24(26(31)28-3)25(32-23)16-8-10-19(27)11-9-16;1-2;1-3-2/h5-14,29H,4H2,1-3H3,(H,28,31);1-2H3;. The summed E-state index contributed by atoms with van der Waals surface area (Å²) in [6.07, 6.45) is 0. The molecule has 0 aliphatic heterocycles. The van der Waals surface area contributed by atoms with Crippen LogP contribution in [0.5, 0.6) is 0 Å². The van der Waals surface area contributed by atoms with Crippen LogP contribution in [0.2, 0.25) is 0 Å². The molecule has 2 N–H and O–H groups in total. The number of benzene rings is 3. The van der Waals surface area contributed by atoms with Gasteiger partial charge in [-0.05, 0) is 55.8 Å². The first kappa shape index (κ1) is 29.1. The van der Waals surface area contributed by atoms with Crippen LogP contribution in [-0.4, -0.2) is 33.7 Å². The van der Waals surface area contributed by atoms with E-state index in [0.717, 1.165) is 16.8 Å². The number of furan rings is 1. The molecule has 0 unspecified atom stereocenters. The maximum Gasteiger partial charge on any atom is 0.335 e. The van der Waals surface area contributed by atoms with Crippen molar-refractivity contribution in [3.8, 4) is 22.5 Å².